The maximum absolute atomic E-state index is 13.9. The lowest BCUT2D eigenvalue weighted by Crippen LogP contribution is -2.41. The van der Waals surface area contributed by atoms with Crippen LogP contribution in [0.2, 0.25) is 0 Å². The average molecular weight is 373 g/mol. The Morgan fingerprint density at radius 2 is 1.73 bits per heavy atom. The van der Waals surface area contributed by atoms with Gasteiger partial charge in [-0.15, -0.1) is 11.3 Å². The van der Waals surface area contributed by atoms with Gasteiger partial charge in [0.2, 0.25) is 0 Å². The Balaban J connectivity index is 1.72. The van der Waals surface area contributed by atoms with Crippen LogP contribution in [0.4, 0.5) is 10.1 Å². The van der Waals surface area contributed by atoms with E-state index in [0.29, 0.717) is 15.6 Å². The Kier molecular flexibility index (Phi) is 4.63. The molecule has 0 radical (unpaired) electrons. The van der Waals surface area contributed by atoms with Crippen molar-refractivity contribution in [2.75, 3.05) is 0 Å². The van der Waals surface area contributed by atoms with Crippen molar-refractivity contribution in [3.8, 4) is 0 Å². The van der Waals surface area contributed by atoms with Crippen LogP contribution < -0.4 is 10.9 Å². The molecule has 0 unspecified atom stereocenters. The van der Waals surface area contributed by atoms with Crippen molar-refractivity contribution in [3.05, 3.63) is 74.4 Å². The molecule has 2 N–H and O–H groups in total. The molecule has 7 nitrogen and oxygen atoms in total. The van der Waals surface area contributed by atoms with Crippen molar-refractivity contribution < 1.29 is 18.9 Å². The van der Waals surface area contributed by atoms with Crippen molar-refractivity contribution in [1.29, 1.82) is 0 Å². The predicted octanol–water partition coefficient (Wildman–Crippen LogP) is 3.33. The monoisotopic (exact) mass is 373 g/mol. The van der Waals surface area contributed by atoms with Gasteiger partial charge in [-0.05, 0) is 36.8 Å². The summed E-state index contributed by atoms with van der Waals surface area (Å²) in [6.45, 7) is 1.63. The predicted molar refractivity (Wildman–Crippen MR) is 94.5 cm³/mol. The van der Waals surface area contributed by atoms with Crippen LogP contribution in [0.3, 0.4) is 0 Å². The van der Waals surface area contributed by atoms with Gasteiger partial charge in [0.15, 0.2) is 0 Å². The van der Waals surface area contributed by atoms with Crippen LogP contribution in [-0.4, -0.2) is 16.7 Å². The van der Waals surface area contributed by atoms with Crippen molar-refractivity contribution in [2.45, 2.75) is 6.92 Å². The van der Waals surface area contributed by atoms with Gasteiger partial charge in [-0.3, -0.25) is 30.6 Å². The normalized spacial score (nSPS) is 10.5. The first-order valence-corrected chi connectivity index (χ1v) is 8.23. The van der Waals surface area contributed by atoms with E-state index in [1.807, 2.05) is 0 Å². The van der Waals surface area contributed by atoms with Crippen LogP contribution in [0.5, 0.6) is 0 Å². The lowest BCUT2D eigenvalue weighted by molar-refractivity contribution is -0.384. The second-order valence-corrected chi connectivity index (χ2v) is 6.43. The Bertz CT molecular complexity index is 1030. The van der Waals surface area contributed by atoms with Crippen molar-refractivity contribution >= 4 is 38.9 Å². The van der Waals surface area contributed by atoms with E-state index in [1.54, 1.807) is 19.1 Å². The molecule has 3 rings (SSSR count). The van der Waals surface area contributed by atoms with E-state index in [-0.39, 0.29) is 16.1 Å². The van der Waals surface area contributed by atoms with Gasteiger partial charge in [0.05, 0.1) is 9.80 Å². The number of nitrogens with one attached hydrogen (secondary N) is 2. The minimum atomic E-state index is -0.627. The standard InChI is InChI=1S/C17H12FN3O4S/c1-9-14-12(18)3-2-4-13(14)26-15(9)17(23)20-19-16(22)10-5-7-11(8-6-10)21(24)25/h2-8H,1H3,(H,19,22)(H,20,23). The van der Waals surface area contributed by atoms with Crippen LogP contribution in [0.25, 0.3) is 10.1 Å². The molecule has 0 saturated carbocycles. The number of benzene rings is 2. The van der Waals surface area contributed by atoms with Crippen LogP contribution in [0.1, 0.15) is 25.6 Å². The summed E-state index contributed by atoms with van der Waals surface area (Å²) in [4.78, 5) is 34.6. The van der Waals surface area contributed by atoms with Gasteiger partial charge in [-0.25, -0.2) is 4.39 Å². The number of aryl methyl sites for hydroxylation is 1. The van der Waals surface area contributed by atoms with E-state index in [2.05, 4.69) is 10.9 Å². The zero-order valence-corrected chi connectivity index (χ0v) is 14.2. The van der Waals surface area contributed by atoms with Crippen LogP contribution in [0.15, 0.2) is 42.5 Å². The number of carbonyl (C=O) groups is 2. The molecule has 0 saturated heterocycles. The maximum atomic E-state index is 13.9. The number of nitrogens with zero attached hydrogens (tertiary/aromatic N) is 1. The number of hydrogen-bond donors (Lipinski definition) is 2. The topological polar surface area (TPSA) is 101 Å². The summed E-state index contributed by atoms with van der Waals surface area (Å²) in [5, 5.41) is 11.0. The van der Waals surface area contributed by atoms with E-state index in [1.165, 1.54) is 30.3 Å². The fourth-order valence-corrected chi connectivity index (χ4v) is 3.57. The summed E-state index contributed by atoms with van der Waals surface area (Å²) in [6, 6.07) is 9.53. The Labute approximate surface area is 150 Å². The molecule has 1 heterocycles. The van der Waals surface area contributed by atoms with Crippen molar-refractivity contribution in [3.63, 3.8) is 0 Å². The minimum absolute atomic E-state index is 0.145. The Morgan fingerprint density at radius 3 is 2.35 bits per heavy atom. The quantitative estimate of drug-likeness (QED) is 0.543. The lowest BCUT2D eigenvalue weighted by atomic mass is 10.1. The van der Waals surface area contributed by atoms with E-state index in [0.717, 1.165) is 11.3 Å². The van der Waals surface area contributed by atoms with E-state index in [9.17, 15) is 24.1 Å². The van der Waals surface area contributed by atoms with Crippen molar-refractivity contribution in [1.82, 2.24) is 10.9 Å². The van der Waals surface area contributed by atoms with Crippen LogP contribution in [-0.2, 0) is 0 Å². The van der Waals surface area contributed by atoms with Gasteiger partial charge in [0, 0.05) is 27.8 Å². The number of halogens is 1. The number of amides is 2. The fourth-order valence-electron chi connectivity index (χ4n) is 2.45. The number of carbonyl (C=O) groups excluding carboxylic acids is 2. The summed E-state index contributed by atoms with van der Waals surface area (Å²) in [6.07, 6.45) is 0. The number of nitro groups is 1. The largest absolute Gasteiger partial charge is 0.280 e. The first-order chi connectivity index (χ1) is 12.4. The molecular weight excluding hydrogens is 361 g/mol. The number of non-ortho nitro benzene ring substituents is 1. The zero-order valence-electron chi connectivity index (χ0n) is 13.4. The third-order valence-electron chi connectivity index (χ3n) is 3.74. The summed E-state index contributed by atoms with van der Waals surface area (Å²) in [5.74, 6) is -1.61. The van der Waals surface area contributed by atoms with E-state index < -0.39 is 22.6 Å². The fraction of sp³-hybridized carbons (Fsp3) is 0.0588. The minimum Gasteiger partial charge on any atom is -0.267 e. The van der Waals surface area contributed by atoms with Gasteiger partial charge in [0.1, 0.15) is 5.82 Å². The molecule has 0 aliphatic carbocycles. The maximum Gasteiger partial charge on any atom is 0.280 e. The second-order valence-electron chi connectivity index (χ2n) is 5.38. The summed E-state index contributed by atoms with van der Waals surface area (Å²) >= 11 is 1.12. The Morgan fingerprint density at radius 1 is 1.08 bits per heavy atom. The SMILES string of the molecule is Cc1c(C(=O)NNC(=O)c2ccc([N+](=O)[O-])cc2)sc2cccc(F)c12. The molecule has 0 atom stereocenters. The second kappa shape index (κ2) is 6.89. The highest BCUT2D eigenvalue weighted by molar-refractivity contribution is 7.21. The molecule has 0 bridgehead atoms. The number of thiophene rings is 1. The van der Waals surface area contributed by atoms with Gasteiger partial charge >= 0.3 is 0 Å². The number of fused-ring (bicyclic) bond motifs is 1. The zero-order chi connectivity index (χ0) is 18.8. The molecule has 3 aromatic rings. The lowest BCUT2D eigenvalue weighted by Gasteiger charge is -2.07. The molecule has 1 aromatic heterocycles. The average Bonchev–Trinajstić information content (AvgIpc) is 2.97. The van der Waals surface area contributed by atoms with E-state index >= 15 is 0 Å². The Hall–Kier alpha value is -3.33. The van der Waals surface area contributed by atoms with Gasteiger partial charge in [-0.2, -0.15) is 0 Å². The highest BCUT2D eigenvalue weighted by Crippen LogP contribution is 2.32. The molecule has 0 aliphatic rings. The molecule has 132 valence electrons. The van der Waals surface area contributed by atoms with Gasteiger partial charge in [-0.1, -0.05) is 6.07 Å². The highest BCUT2D eigenvalue weighted by atomic mass is 32.1. The number of nitro benzene ring substituents is 1. The number of rotatable bonds is 3. The van der Waals surface area contributed by atoms with Crippen LogP contribution in [0, 0.1) is 22.9 Å². The number of hydrazine groups is 1. The summed E-state index contributed by atoms with van der Waals surface area (Å²) in [7, 11) is 0. The van der Waals surface area contributed by atoms with Gasteiger partial charge < -0.3 is 0 Å². The first-order valence-electron chi connectivity index (χ1n) is 7.41. The summed E-state index contributed by atoms with van der Waals surface area (Å²) < 4.78 is 14.5. The third-order valence-corrected chi connectivity index (χ3v) is 4.99. The molecule has 2 amide bonds. The number of hydrogen-bond acceptors (Lipinski definition) is 5. The third kappa shape index (κ3) is 3.24. The smallest absolute Gasteiger partial charge is 0.267 e. The van der Waals surface area contributed by atoms with Crippen molar-refractivity contribution in [2.24, 2.45) is 0 Å². The summed E-state index contributed by atoms with van der Waals surface area (Å²) in [5.41, 5.74) is 5.00. The molecule has 0 spiro atoms. The highest BCUT2D eigenvalue weighted by Gasteiger charge is 2.18. The molecule has 0 aliphatic heterocycles. The molecule has 2 aromatic carbocycles. The van der Waals surface area contributed by atoms with Crippen LogP contribution >= 0.6 is 11.3 Å². The molecule has 9 heteroatoms. The van der Waals surface area contributed by atoms with E-state index in [4.69, 9.17) is 0 Å². The molecule has 26 heavy (non-hydrogen) atoms. The molecule has 0 fully saturated rings. The van der Waals surface area contributed by atoms with Gasteiger partial charge in [0.25, 0.3) is 17.5 Å². The molecular formula is C17H12FN3O4S. The first kappa shape index (κ1) is 17.5.